The lowest BCUT2D eigenvalue weighted by Crippen LogP contribution is -2.06. The topological polar surface area (TPSA) is 42.1 Å². The molecule has 1 aliphatic heterocycles. The number of ether oxygens (including phenoxy) is 1. The summed E-state index contributed by atoms with van der Waals surface area (Å²) in [6.45, 7) is 1.54. The van der Waals surface area contributed by atoms with Crippen LogP contribution in [0.1, 0.15) is 18.0 Å². The summed E-state index contributed by atoms with van der Waals surface area (Å²) in [5, 5.41) is 0. The molecule has 0 aromatic carbocycles. The smallest absolute Gasteiger partial charge is 0.181 e. The van der Waals surface area contributed by atoms with Gasteiger partial charge in [0.1, 0.15) is 0 Å². The predicted octanol–water partition coefficient (Wildman–Crippen LogP) is 0.879. The standard InChI is InChI=1S/C9H11NO2/c11-8-1-3-10-9(5-8)7-2-4-12-6-7/h1,3,5,7H,2,4,6H2,(H,10,11). The zero-order chi connectivity index (χ0) is 8.39. The Morgan fingerprint density at radius 1 is 1.58 bits per heavy atom. The van der Waals surface area contributed by atoms with Gasteiger partial charge in [0, 0.05) is 36.5 Å². The molecule has 3 nitrogen and oxygen atoms in total. The maximum absolute atomic E-state index is 11.0. The number of nitrogens with one attached hydrogen (secondary N) is 1. The van der Waals surface area contributed by atoms with Crippen molar-refractivity contribution in [1.82, 2.24) is 4.98 Å². The summed E-state index contributed by atoms with van der Waals surface area (Å²) in [6.07, 6.45) is 2.70. The molecule has 0 saturated carbocycles. The van der Waals surface area contributed by atoms with Crippen molar-refractivity contribution in [3.63, 3.8) is 0 Å². The van der Waals surface area contributed by atoms with E-state index in [-0.39, 0.29) is 5.43 Å². The molecule has 0 spiro atoms. The van der Waals surface area contributed by atoms with E-state index >= 15 is 0 Å². The number of aromatic nitrogens is 1. The third-order valence-electron chi connectivity index (χ3n) is 2.16. The van der Waals surface area contributed by atoms with E-state index in [9.17, 15) is 4.79 Å². The van der Waals surface area contributed by atoms with Gasteiger partial charge in [0.05, 0.1) is 6.61 Å². The van der Waals surface area contributed by atoms with Crippen molar-refractivity contribution >= 4 is 0 Å². The molecule has 3 heteroatoms. The summed E-state index contributed by atoms with van der Waals surface area (Å²) in [6, 6.07) is 3.18. The van der Waals surface area contributed by atoms with Crippen LogP contribution in [-0.4, -0.2) is 18.2 Å². The molecule has 1 saturated heterocycles. The predicted molar refractivity (Wildman–Crippen MR) is 45.2 cm³/mol. The number of aromatic amines is 1. The summed E-state index contributed by atoms with van der Waals surface area (Å²) in [5.74, 6) is 0.388. The first-order chi connectivity index (χ1) is 5.86. The molecule has 1 aliphatic rings. The van der Waals surface area contributed by atoms with Gasteiger partial charge in [-0.3, -0.25) is 4.79 Å². The van der Waals surface area contributed by atoms with Gasteiger partial charge in [0.2, 0.25) is 0 Å². The summed E-state index contributed by atoms with van der Waals surface area (Å²) in [4.78, 5) is 14.1. The quantitative estimate of drug-likeness (QED) is 0.671. The maximum Gasteiger partial charge on any atom is 0.181 e. The fourth-order valence-corrected chi connectivity index (χ4v) is 1.48. The first kappa shape index (κ1) is 7.55. The van der Waals surface area contributed by atoms with Gasteiger partial charge >= 0.3 is 0 Å². The molecule has 1 unspecified atom stereocenters. The fourth-order valence-electron chi connectivity index (χ4n) is 1.48. The summed E-state index contributed by atoms with van der Waals surface area (Å²) in [7, 11) is 0. The van der Waals surface area contributed by atoms with Crippen LogP contribution in [0, 0.1) is 0 Å². The van der Waals surface area contributed by atoms with Gasteiger partial charge < -0.3 is 9.72 Å². The lowest BCUT2D eigenvalue weighted by atomic mass is 10.0. The minimum atomic E-state index is 0.0654. The Labute approximate surface area is 70.4 Å². The van der Waals surface area contributed by atoms with Crippen LogP contribution in [-0.2, 0) is 4.74 Å². The molecule has 2 heterocycles. The molecule has 0 amide bonds. The van der Waals surface area contributed by atoms with E-state index in [0.717, 1.165) is 25.3 Å². The summed E-state index contributed by atoms with van der Waals surface area (Å²) in [5.41, 5.74) is 1.07. The average Bonchev–Trinajstić information content (AvgIpc) is 2.56. The molecular weight excluding hydrogens is 154 g/mol. The van der Waals surface area contributed by atoms with Gasteiger partial charge in [-0.15, -0.1) is 0 Å². The summed E-state index contributed by atoms with van der Waals surface area (Å²) < 4.78 is 5.23. The number of H-pyrrole nitrogens is 1. The van der Waals surface area contributed by atoms with Crippen LogP contribution >= 0.6 is 0 Å². The van der Waals surface area contributed by atoms with Crippen LogP contribution in [0.2, 0.25) is 0 Å². The van der Waals surface area contributed by atoms with Gasteiger partial charge in [-0.05, 0) is 6.42 Å². The van der Waals surface area contributed by atoms with Crippen LogP contribution in [0.15, 0.2) is 23.1 Å². The van der Waals surface area contributed by atoms with E-state index < -0.39 is 0 Å². The van der Waals surface area contributed by atoms with Gasteiger partial charge in [-0.25, -0.2) is 0 Å². The van der Waals surface area contributed by atoms with Gasteiger partial charge in [-0.2, -0.15) is 0 Å². The molecule has 64 valence electrons. The SMILES string of the molecule is O=c1cc[nH]c(C2CCOC2)c1. The molecule has 0 aliphatic carbocycles. The Hall–Kier alpha value is -1.09. The van der Waals surface area contributed by atoms with Gasteiger partial charge in [0.15, 0.2) is 5.43 Å². The molecule has 12 heavy (non-hydrogen) atoms. The van der Waals surface area contributed by atoms with Crippen molar-refractivity contribution in [1.29, 1.82) is 0 Å². The molecule has 1 atom stereocenters. The second-order valence-electron chi connectivity index (χ2n) is 3.04. The van der Waals surface area contributed by atoms with Crippen LogP contribution < -0.4 is 5.43 Å². The molecule has 0 radical (unpaired) electrons. The van der Waals surface area contributed by atoms with Gasteiger partial charge in [0.25, 0.3) is 0 Å². The third kappa shape index (κ3) is 1.41. The zero-order valence-electron chi connectivity index (χ0n) is 6.75. The highest BCUT2D eigenvalue weighted by atomic mass is 16.5. The van der Waals surface area contributed by atoms with E-state index in [1.165, 1.54) is 6.07 Å². The maximum atomic E-state index is 11.0. The fraction of sp³-hybridized carbons (Fsp3) is 0.444. The van der Waals surface area contributed by atoms with E-state index in [1.54, 1.807) is 12.3 Å². The van der Waals surface area contributed by atoms with Crippen molar-refractivity contribution in [3.05, 3.63) is 34.2 Å². The van der Waals surface area contributed by atoms with Crippen molar-refractivity contribution < 1.29 is 4.74 Å². The van der Waals surface area contributed by atoms with Crippen LogP contribution in [0.25, 0.3) is 0 Å². The normalized spacial score (nSPS) is 22.8. The third-order valence-corrected chi connectivity index (χ3v) is 2.16. The second-order valence-corrected chi connectivity index (χ2v) is 3.04. The molecule has 1 N–H and O–H groups in total. The average molecular weight is 165 g/mol. The minimum Gasteiger partial charge on any atom is -0.381 e. The van der Waals surface area contributed by atoms with Crippen molar-refractivity contribution in [2.24, 2.45) is 0 Å². The molecular formula is C9H11NO2. The van der Waals surface area contributed by atoms with E-state index in [1.807, 2.05) is 0 Å². The number of hydrogen-bond donors (Lipinski definition) is 1. The largest absolute Gasteiger partial charge is 0.381 e. The summed E-state index contributed by atoms with van der Waals surface area (Å²) >= 11 is 0. The number of pyridine rings is 1. The Balaban J connectivity index is 2.27. The van der Waals surface area contributed by atoms with Crippen molar-refractivity contribution in [3.8, 4) is 0 Å². The Morgan fingerprint density at radius 2 is 2.50 bits per heavy atom. The van der Waals surface area contributed by atoms with Crippen LogP contribution in [0.4, 0.5) is 0 Å². The Kier molecular flexibility index (Phi) is 1.96. The highest BCUT2D eigenvalue weighted by Crippen LogP contribution is 2.21. The second kappa shape index (κ2) is 3.11. The van der Waals surface area contributed by atoms with E-state index in [0.29, 0.717) is 5.92 Å². The first-order valence-electron chi connectivity index (χ1n) is 4.12. The minimum absolute atomic E-state index is 0.0654. The lowest BCUT2D eigenvalue weighted by Gasteiger charge is -2.05. The monoisotopic (exact) mass is 165 g/mol. The first-order valence-corrected chi connectivity index (χ1v) is 4.12. The zero-order valence-corrected chi connectivity index (χ0v) is 6.75. The molecule has 2 rings (SSSR count). The van der Waals surface area contributed by atoms with Crippen LogP contribution in [0.5, 0.6) is 0 Å². The van der Waals surface area contributed by atoms with E-state index in [2.05, 4.69) is 4.98 Å². The van der Waals surface area contributed by atoms with Crippen molar-refractivity contribution in [2.75, 3.05) is 13.2 Å². The Morgan fingerprint density at radius 3 is 3.17 bits per heavy atom. The van der Waals surface area contributed by atoms with Crippen molar-refractivity contribution in [2.45, 2.75) is 12.3 Å². The molecule has 0 bridgehead atoms. The highest BCUT2D eigenvalue weighted by molar-refractivity contribution is 5.10. The highest BCUT2D eigenvalue weighted by Gasteiger charge is 2.17. The van der Waals surface area contributed by atoms with Gasteiger partial charge in [-0.1, -0.05) is 0 Å². The number of rotatable bonds is 1. The van der Waals surface area contributed by atoms with Crippen LogP contribution in [0.3, 0.4) is 0 Å². The Bertz CT molecular complexity index is 312. The molecule has 1 fully saturated rings. The lowest BCUT2D eigenvalue weighted by molar-refractivity contribution is 0.193. The number of hydrogen-bond acceptors (Lipinski definition) is 2. The molecule has 1 aromatic heterocycles. The molecule has 1 aromatic rings. The van der Waals surface area contributed by atoms with E-state index in [4.69, 9.17) is 4.74 Å².